The van der Waals surface area contributed by atoms with Gasteiger partial charge in [-0.25, -0.2) is 4.98 Å². The van der Waals surface area contributed by atoms with E-state index in [2.05, 4.69) is 4.98 Å². The number of pyridine rings is 1. The predicted octanol–water partition coefficient (Wildman–Crippen LogP) is 3.42. The summed E-state index contributed by atoms with van der Waals surface area (Å²) in [6.45, 7) is 0.542. The van der Waals surface area contributed by atoms with Crippen LogP contribution in [0.4, 0.5) is 13.2 Å². The summed E-state index contributed by atoms with van der Waals surface area (Å²) in [6, 6.07) is 8.73. The zero-order valence-electron chi connectivity index (χ0n) is 15.8. The van der Waals surface area contributed by atoms with Gasteiger partial charge in [0.15, 0.2) is 11.5 Å². The minimum atomic E-state index is -4.53. The fourth-order valence-electron chi connectivity index (χ4n) is 2.73. The normalized spacial score (nSPS) is 14.6. The number of hydrogen-bond acceptors (Lipinski definition) is 5. The largest absolute Gasteiger partial charge is 0.493 e. The van der Waals surface area contributed by atoms with Crippen LogP contribution in [0, 0.1) is 0 Å². The second-order valence-electron chi connectivity index (χ2n) is 6.29. The van der Waals surface area contributed by atoms with Gasteiger partial charge in [-0.2, -0.15) is 13.2 Å². The first-order chi connectivity index (χ1) is 13.8. The Labute approximate surface area is 165 Å². The summed E-state index contributed by atoms with van der Waals surface area (Å²) >= 11 is 0. The number of nitrogens with zero attached hydrogens (tertiary/aromatic N) is 2. The van der Waals surface area contributed by atoms with Crippen molar-refractivity contribution in [3.63, 3.8) is 0 Å². The van der Waals surface area contributed by atoms with Crippen molar-refractivity contribution in [1.82, 2.24) is 9.88 Å². The van der Waals surface area contributed by atoms with Gasteiger partial charge in [0.05, 0.1) is 27.3 Å². The second kappa shape index (κ2) is 8.42. The Morgan fingerprint density at radius 3 is 2.52 bits per heavy atom. The lowest BCUT2D eigenvalue weighted by atomic mass is 10.1. The van der Waals surface area contributed by atoms with Crippen LogP contribution in [-0.2, 0) is 11.0 Å². The molecule has 1 aromatic heterocycles. The van der Waals surface area contributed by atoms with Crippen molar-refractivity contribution in [3.05, 3.63) is 53.7 Å². The van der Waals surface area contributed by atoms with E-state index >= 15 is 0 Å². The maximum absolute atomic E-state index is 12.7. The van der Waals surface area contributed by atoms with E-state index in [1.165, 1.54) is 37.3 Å². The Morgan fingerprint density at radius 1 is 1.14 bits per heavy atom. The lowest BCUT2D eigenvalue weighted by molar-refractivity contribution is -0.141. The topological polar surface area (TPSA) is 60.9 Å². The molecule has 2 heterocycles. The number of carbonyl (C=O) groups is 1. The number of amides is 1. The lowest BCUT2D eigenvalue weighted by Gasteiger charge is -2.38. The molecule has 0 bridgehead atoms. The molecule has 29 heavy (non-hydrogen) atoms. The molecule has 1 fully saturated rings. The maximum Gasteiger partial charge on any atom is 0.433 e. The van der Waals surface area contributed by atoms with Gasteiger partial charge >= 0.3 is 6.18 Å². The molecule has 0 aliphatic carbocycles. The van der Waals surface area contributed by atoms with E-state index in [-0.39, 0.29) is 24.9 Å². The van der Waals surface area contributed by atoms with Gasteiger partial charge in [-0.1, -0.05) is 12.1 Å². The maximum atomic E-state index is 12.7. The zero-order chi connectivity index (χ0) is 21.0. The molecule has 0 radical (unpaired) electrons. The molecular formula is C20H19F3N2O4. The molecule has 6 nitrogen and oxygen atoms in total. The molecule has 9 heteroatoms. The molecular weight excluding hydrogens is 389 g/mol. The molecule has 1 saturated heterocycles. The highest BCUT2D eigenvalue weighted by Gasteiger charge is 2.34. The molecule has 1 aliphatic heterocycles. The second-order valence-corrected chi connectivity index (χ2v) is 6.29. The Balaban J connectivity index is 1.53. The predicted molar refractivity (Wildman–Crippen MR) is 98.8 cm³/mol. The molecule has 154 valence electrons. The Kier molecular flexibility index (Phi) is 5.95. The van der Waals surface area contributed by atoms with Crippen molar-refractivity contribution in [2.45, 2.75) is 12.3 Å². The minimum absolute atomic E-state index is 0.113. The van der Waals surface area contributed by atoms with Crippen molar-refractivity contribution in [1.29, 1.82) is 0 Å². The number of carbonyl (C=O) groups excluding carboxylic acids is 1. The number of methoxy groups -OCH3 is 2. The van der Waals surface area contributed by atoms with Crippen LogP contribution >= 0.6 is 0 Å². The van der Waals surface area contributed by atoms with Crippen LogP contribution in [-0.4, -0.2) is 49.2 Å². The Morgan fingerprint density at radius 2 is 1.86 bits per heavy atom. The average Bonchev–Trinajstić information content (AvgIpc) is 2.67. The monoisotopic (exact) mass is 408 g/mol. The highest BCUT2D eigenvalue weighted by atomic mass is 19.4. The molecule has 0 atom stereocenters. The molecule has 0 spiro atoms. The fraction of sp³-hybridized carbons (Fsp3) is 0.300. The zero-order valence-corrected chi connectivity index (χ0v) is 15.8. The Bertz CT molecular complexity index is 909. The number of aromatic nitrogens is 1. The fourth-order valence-corrected chi connectivity index (χ4v) is 2.73. The molecule has 0 saturated carbocycles. The van der Waals surface area contributed by atoms with E-state index in [1.807, 2.05) is 0 Å². The van der Waals surface area contributed by atoms with E-state index < -0.39 is 18.0 Å². The molecule has 0 unspecified atom stereocenters. The number of hydrogen-bond donors (Lipinski definition) is 0. The van der Waals surface area contributed by atoms with Crippen LogP contribution in [0.5, 0.6) is 17.4 Å². The van der Waals surface area contributed by atoms with E-state index in [0.717, 1.165) is 11.6 Å². The Hall–Kier alpha value is -3.23. The van der Waals surface area contributed by atoms with Gasteiger partial charge in [-0.3, -0.25) is 4.79 Å². The van der Waals surface area contributed by atoms with E-state index in [0.29, 0.717) is 11.5 Å². The number of likely N-dealkylation sites (tertiary alicyclic amines) is 1. The highest BCUT2D eigenvalue weighted by Crippen LogP contribution is 2.30. The van der Waals surface area contributed by atoms with Crippen molar-refractivity contribution >= 4 is 12.0 Å². The lowest BCUT2D eigenvalue weighted by Crippen LogP contribution is -2.55. The summed E-state index contributed by atoms with van der Waals surface area (Å²) in [5.41, 5.74) is -0.252. The van der Waals surface area contributed by atoms with Crippen molar-refractivity contribution in [3.8, 4) is 17.4 Å². The van der Waals surface area contributed by atoms with Gasteiger partial charge < -0.3 is 19.1 Å². The first-order valence-corrected chi connectivity index (χ1v) is 8.70. The number of alkyl halides is 3. The molecule has 1 amide bonds. The summed E-state index contributed by atoms with van der Waals surface area (Å²) in [7, 11) is 3.06. The van der Waals surface area contributed by atoms with Crippen LogP contribution in [0.25, 0.3) is 6.08 Å². The third-order valence-corrected chi connectivity index (χ3v) is 4.29. The summed E-state index contributed by atoms with van der Waals surface area (Å²) < 4.78 is 53.9. The number of benzene rings is 1. The third-order valence-electron chi connectivity index (χ3n) is 4.29. The van der Waals surface area contributed by atoms with Crippen LogP contribution in [0.1, 0.15) is 11.3 Å². The van der Waals surface area contributed by atoms with Gasteiger partial charge in [0.2, 0.25) is 11.8 Å². The van der Waals surface area contributed by atoms with Crippen LogP contribution < -0.4 is 14.2 Å². The summed E-state index contributed by atoms with van der Waals surface area (Å²) in [6.07, 6.45) is -1.87. The SMILES string of the molecule is COc1ccc(/C=C/C(=O)N2CC(Oc3cccc(C(F)(F)F)n3)C2)cc1OC. The summed E-state index contributed by atoms with van der Waals surface area (Å²) in [5.74, 6) is 0.796. The highest BCUT2D eigenvalue weighted by molar-refractivity contribution is 5.92. The molecule has 0 N–H and O–H groups in total. The van der Waals surface area contributed by atoms with Crippen molar-refractivity contribution in [2.75, 3.05) is 27.3 Å². The van der Waals surface area contributed by atoms with Crippen LogP contribution in [0.15, 0.2) is 42.5 Å². The van der Waals surface area contributed by atoms with E-state index in [1.54, 1.807) is 24.3 Å². The first-order valence-electron chi connectivity index (χ1n) is 8.70. The number of rotatable bonds is 6. The molecule has 1 aromatic carbocycles. The first kappa shape index (κ1) is 20.5. The van der Waals surface area contributed by atoms with Crippen molar-refractivity contribution < 1.29 is 32.2 Å². The average molecular weight is 408 g/mol. The molecule has 2 aromatic rings. The standard InChI is InChI=1S/C20H19F3N2O4/c1-27-15-8-6-13(10-16(15)28-2)7-9-19(26)25-11-14(12-25)29-18-5-3-4-17(24-18)20(21,22)23/h3-10,14H,11-12H2,1-2H3/b9-7+. The van der Waals surface area contributed by atoms with Crippen molar-refractivity contribution in [2.24, 2.45) is 0 Å². The molecule has 1 aliphatic rings. The van der Waals surface area contributed by atoms with Gasteiger partial charge in [0, 0.05) is 12.1 Å². The molecule has 3 rings (SSSR count). The van der Waals surface area contributed by atoms with Crippen LogP contribution in [0.2, 0.25) is 0 Å². The van der Waals surface area contributed by atoms with Crippen LogP contribution in [0.3, 0.4) is 0 Å². The van der Waals surface area contributed by atoms with Gasteiger partial charge in [0.25, 0.3) is 0 Å². The minimum Gasteiger partial charge on any atom is -0.493 e. The van der Waals surface area contributed by atoms with E-state index in [9.17, 15) is 18.0 Å². The summed E-state index contributed by atoms with van der Waals surface area (Å²) in [5, 5.41) is 0. The van der Waals surface area contributed by atoms with E-state index in [4.69, 9.17) is 14.2 Å². The summed E-state index contributed by atoms with van der Waals surface area (Å²) in [4.78, 5) is 17.2. The number of ether oxygens (including phenoxy) is 3. The quantitative estimate of drug-likeness (QED) is 0.686. The van der Waals surface area contributed by atoms with Gasteiger partial charge in [-0.05, 0) is 29.8 Å². The van der Waals surface area contributed by atoms with Gasteiger partial charge in [-0.15, -0.1) is 0 Å². The third kappa shape index (κ3) is 4.98. The number of halogens is 3. The van der Waals surface area contributed by atoms with Gasteiger partial charge in [0.1, 0.15) is 11.8 Å². The smallest absolute Gasteiger partial charge is 0.433 e.